The molecule has 1 saturated carbocycles. The topological polar surface area (TPSA) is 104 Å². The lowest BCUT2D eigenvalue weighted by atomic mass is 10.2. The number of rotatable bonds is 5. The first kappa shape index (κ1) is 17.4. The molecular weight excluding hydrogens is 254 g/mol. The minimum absolute atomic E-state index is 0.00551. The van der Waals surface area contributed by atoms with Crippen LogP contribution in [0.15, 0.2) is 0 Å². The maximum Gasteiger partial charge on any atom is 0.414 e. The zero-order valence-electron chi connectivity index (χ0n) is 11.5. The van der Waals surface area contributed by atoms with Crippen LogP contribution in [0.5, 0.6) is 0 Å². The van der Waals surface area contributed by atoms with E-state index >= 15 is 0 Å². The fourth-order valence-electron chi connectivity index (χ4n) is 1.03. The van der Waals surface area contributed by atoms with Crippen molar-refractivity contribution in [3.05, 3.63) is 0 Å². The van der Waals surface area contributed by atoms with Crippen molar-refractivity contribution in [3.63, 3.8) is 0 Å². The van der Waals surface area contributed by atoms with Crippen LogP contribution in [0.3, 0.4) is 0 Å². The third-order valence-electron chi connectivity index (χ3n) is 2.76. The quantitative estimate of drug-likeness (QED) is 0.554. The van der Waals surface area contributed by atoms with E-state index in [1.165, 1.54) is 0 Å². The molecule has 0 aromatic rings. The van der Waals surface area contributed by atoms with Crippen molar-refractivity contribution in [2.24, 2.45) is 5.92 Å². The Morgan fingerprint density at radius 2 is 1.68 bits per heavy atom. The Kier molecular flexibility index (Phi) is 7.74. The average molecular weight is 275 g/mol. The Hall–Kier alpha value is -1.63. The number of carbonyl (C=O) groups is 3. The minimum atomic E-state index is -1.82. The monoisotopic (exact) mass is 275 g/mol. The van der Waals surface area contributed by atoms with Gasteiger partial charge in [0.15, 0.2) is 0 Å². The van der Waals surface area contributed by atoms with E-state index in [1.807, 2.05) is 14.1 Å². The van der Waals surface area contributed by atoms with Crippen molar-refractivity contribution in [2.45, 2.75) is 32.2 Å². The van der Waals surface area contributed by atoms with Crippen LogP contribution in [0, 0.1) is 5.92 Å². The summed E-state index contributed by atoms with van der Waals surface area (Å²) in [5.41, 5.74) is 0. The molecule has 0 radical (unpaired) electrons. The zero-order valence-corrected chi connectivity index (χ0v) is 11.5. The lowest BCUT2D eigenvalue weighted by molar-refractivity contribution is -0.159. The normalized spacial score (nSPS) is 15.2. The van der Waals surface area contributed by atoms with E-state index in [-0.39, 0.29) is 11.9 Å². The molecule has 1 fully saturated rings. The summed E-state index contributed by atoms with van der Waals surface area (Å²) in [7, 11) is 4.07. The number of esters is 1. The molecule has 0 saturated heterocycles. The summed E-state index contributed by atoms with van der Waals surface area (Å²) in [5.74, 6) is -3.41. The first-order valence-corrected chi connectivity index (χ1v) is 6.05. The van der Waals surface area contributed by atoms with E-state index in [2.05, 4.69) is 11.8 Å². The summed E-state index contributed by atoms with van der Waals surface area (Å²) in [4.78, 5) is 31.4. The first-order valence-electron chi connectivity index (χ1n) is 6.05. The average Bonchev–Trinajstić information content (AvgIpc) is 3.12. The molecule has 1 unspecified atom stereocenters. The van der Waals surface area contributed by atoms with Crippen molar-refractivity contribution in [1.82, 2.24) is 4.90 Å². The fourth-order valence-corrected chi connectivity index (χ4v) is 1.03. The lowest BCUT2D eigenvalue weighted by Gasteiger charge is -2.19. The molecule has 19 heavy (non-hydrogen) atoms. The molecule has 0 bridgehead atoms. The van der Waals surface area contributed by atoms with Crippen LogP contribution in [-0.4, -0.2) is 59.8 Å². The SMILES string of the molecule is CC(CCOC(=O)C1CC1)N(C)C.O=C(O)C(=O)O. The summed E-state index contributed by atoms with van der Waals surface area (Å²) < 4.78 is 5.12. The van der Waals surface area contributed by atoms with Crippen molar-refractivity contribution in [2.75, 3.05) is 20.7 Å². The van der Waals surface area contributed by atoms with Crippen LogP contribution in [0.25, 0.3) is 0 Å². The molecule has 1 aliphatic carbocycles. The van der Waals surface area contributed by atoms with Crippen LogP contribution in [0.4, 0.5) is 0 Å². The van der Waals surface area contributed by atoms with Crippen LogP contribution >= 0.6 is 0 Å². The van der Waals surface area contributed by atoms with Gasteiger partial charge in [0.1, 0.15) is 0 Å². The predicted octanol–water partition coefficient (Wildman–Crippen LogP) is 0.435. The largest absolute Gasteiger partial charge is 0.473 e. The maximum absolute atomic E-state index is 11.1. The summed E-state index contributed by atoms with van der Waals surface area (Å²) in [6, 6.07) is 0.479. The number of aliphatic carboxylic acids is 2. The smallest absolute Gasteiger partial charge is 0.414 e. The van der Waals surface area contributed by atoms with Crippen molar-refractivity contribution >= 4 is 17.9 Å². The van der Waals surface area contributed by atoms with Gasteiger partial charge in [-0.1, -0.05) is 0 Å². The van der Waals surface area contributed by atoms with Gasteiger partial charge in [-0.3, -0.25) is 4.79 Å². The van der Waals surface area contributed by atoms with Gasteiger partial charge in [0, 0.05) is 6.04 Å². The van der Waals surface area contributed by atoms with Gasteiger partial charge in [0.25, 0.3) is 0 Å². The standard InChI is InChI=1S/C10H19NO2.C2H2O4/c1-8(11(2)3)6-7-13-10(12)9-4-5-9;3-1(4)2(5)6/h8-9H,4-7H2,1-3H3;(H,3,4)(H,5,6). The molecule has 0 aliphatic heterocycles. The lowest BCUT2D eigenvalue weighted by Crippen LogP contribution is -2.26. The van der Waals surface area contributed by atoms with Crippen LogP contribution in [-0.2, 0) is 19.1 Å². The number of carbonyl (C=O) groups excluding carboxylic acids is 1. The van der Waals surface area contributed by atoms with E-state index in [0.29, 0.717) is 12.6 Å². The highest BCUT2D eigenvalue weighted by atomic mass is 16.5. The molecule has 0 aromatic carbocycles. The summed E-state index contributed by atoms with van der Waals surface area (Å²) in [6.07, 6.45) is 2.98. The van der Waals surface area contributed by atoms with E-state index in [9.17, 15) is 4.79 Å². The Bertz CT molecular complexity index is 312. The van der Waals surface area contributed by atoms with E-state index in [1.54, 1.807) is 0 Å². The fraction of sp³-hybridized carbons (Fsp3) is 0.750. The van der Waals surface area contributed by atoms with E-state index in [0.717, 1.165) is 19.3 Å². The molecule has 1 aliphatic rings. The van der Waals surface area contributed by atoms with Gasteiger partial charge >= 0.3 is 17.9 Å². The number of hydrogen-bond donors (Lipinski definition) is 2. The molecule has 7 nitrogen and oxygen atoms in total. The molecule has 0 aromatic heterocycles. The van der Waals surface area contributed by atoms with Gasteiger partial charge in [-0.25, -0.2) is 9.59 Å². The third kappa shape index (κ3) is 9.01. The summed E-state index contributed by atoms with van der Waals surface area (Å²) in [6.45, 7) is 2.69. The molecular formula is C12H21NO6. The van der Waals surface area contributed by atoms with Gasteiger partial charge in [-0.15, -0.1) is 0 Å². The van der Waals surface area contributed by atoms with Gasteiger partial charge in [-0.05, 0) is 40.3 Å². The molecule has 2 N–H and O–H groups in total. The number of carboxylic acid groups (broad SMARTS) is 2. The summed E-state index contributed by atoms with van der Waals surface area (Å²) in [5, 5.41) is 14.8. The summed E-state index contributed by atoms with van der Waals surface area (Å²) >= 11 is 0. The molecule has 7 heteroatoms. The van der Waals surface area contributed by atoms with Gasteiger partial charge in [0.2, 0.25) is 0 Å². The Morgan fingerprint density at radius 1 is 1.21 bits per heavy atom. The van der Waals surface area contributed by atoms with Crippen LogP contribution in [0.2, 0.25) is 0 Å². The molecule has 0 spiro atoms. The molecule has 1 rings (SSSR count). The van der Waals surface area contributed by atoms with E-state index < -0.39 is 11.9 Å². The van der Waals surface area contributed by atoms with Gasteiger partial charge in [-0.2, -0.15) is 0 Å². The molecule has 0 amide bonds. The Morgan fingerprint density at radius 3 is 2.00 bits per heavy atom. The number of carboxylic acids is 2. The van der Waals surface area contributed by atoms with Crippen molar-refractivity contribution in [1.29, 1.82) is 0 Å². The molecule has 0 heterocycles. The first-order chi connectivity index (χ1) is 8.75. The number of hydrogen-bond acceptors (Lipinski definition) is 5. The second kappa shape index (κ2) is 8.47. The van der Waals surface area contributed by atoms with Crippen LogP contribution in [0.1, 0.15) is 26.2 Å². The second-order valence-corrected chi connectivity index (χ2v) is 4.65. The van der Waals surface area contributed by atoms with Crippen molar-refractivity contribution < 1.29 is 29.3 Å². The highest BCUT2D eigenvalue weighted by Gasteiger charge is 2.31. The molecule has 110 valence electrons. The van der Waals surface area contributed by atoms with Crippen molar-refractivity contribution in [3.8, 4) is 0 Å². The zero-order chi connectivity index (χ0) is 15.0. The van der Waals surface area contributed by atoms with Crippen LogP contribution < -0.4 is 0 Å². The second-order valence-electron chi connectivity index (χ2n) is 4.65. The minimum Gasteiger partial charge on any atom is -0.473 e. The maximum atomic E-state index is 11.1. The van der Waals surface area contributed by atoms with Gasteiger partial charge in [0.05, 0.1) is 12.5 Å². The molecule has 1 atom stereocenters. The Balaban J connectivity index is 0.000000459. The third-order valence-corrected chi connectivity index (χ3v) is 2.76. The highest BCUT2D eigenvalue weighted by Crippen LogP contribution is 2.30. The van der Waals surface area contributed by atoms with E-state index in [4.69, 9.17) is 24.5 Å². The Labute approximate surface area is 112 Å². The highest BCUT2D eigenvalue weighted by molar-refractivity contribution is 6.27. The van der Waals surface area contributed by atoms with Gasteiger partial charge < -0.3 is 19.8 Å². The predicted molar refractivity (Wildman–Crippen MR) is 66.7 cm³/mol. The number of nitrogens with zero attached hydrogens (tertiary/aromatic N) is 1. The number of ether oxygens (including phenoxy) is 1.